The van der Waals surface area contributed by atoms with Crippen LogP contribution in [0.15, 0.2) is 71.2 Å². The summed E-state index contributed by atoms with van der Waals surface area (Å²) in [7, 11) is -2.34. The standard InChI is InChI=1S/C23H25N5O3S2/c1-17(2)19-8-6-18(7-9-19)14-27(15-20-5-4-12-32-20)33(29,30)21-10-11-22(23(13-21)31-3)28-16-24-25-26-28/h4-13,16-17H,14-15H2,1-3H3. The highest BCUT2D eigenvalue weighted by atomic mass is 32.2. The molecule has 0 unspecified atom stereocenters. The minimum absolute atomic E-state index is 0.145. The number of sulfonamides is 1. The summed E-state index contributed by atoms with van der Waals surface area (Å²) in [6.45, 7) is 4.81. The first-order chi connectivity index (χ1) is 15.9. The van der Waals surface area contributed by atoms with Gasteiger partial charge in [0.15, 0.2) is 0 Å². The lowest BCUT2D eigenvalue weighted by atomic mass is 10.0. The molecule has 2 aromatic carbocycles. The van der Waals surface area contributed by atoms with Gasteiger partial charge >= 0.3 is 0 Å². The normalized spacial score (nSPS) is 11.9. The van der Waals surface area contributed by atoms with Crippen LogP contribution in [-0.2, 0) is 23.1 Å². The van der Waals surface area contributed by atoms with Crippen molar-refractivity contribution < 1.29 is 13.2 Å². The Balaban J connectivity index is 1.69. The summed E-state index contributed by atoms with van der Waals surface area (Å²) in [6.07, 6.45) is 1.43. The summed E-state index contributed by atoms with van der Waals surface area (Å²) in [4.78, 5) is 1.11. The number of nitrogens with zero attached hydrogens (tertiary/aromatic N) is 5. The van der Waals surface area contributed by atoms with E-state index in [4.69, 9.17) is 4.74 Å². The van der Waals surface area contributed by atoms with Gasteiger partial charge < -0.3 is 4.74 Å². The van der Waals surface area contributed by atoms with Crippen LogP contribution in [0.3, 0.4) is 0 Å². The van der Waals surface area contributed by atoms with Crippen LogP contribution in [-0.4, -0.2) is 40.0 Å². The van der Waals surface area contributed by atoms with Gasteiger partial charge in [-0.15, -0.1) is 16.4 Å². The van der Waals surface area contributed by atoms with Crippen molar-refractivity contribution in [3.8, 4) is 11.4 Å². The summed E-state index contributed by atoms with van der Waals surface area (Å²) in [6, 6.07) is 16.7. The van der Waals surface area contributed by atoms with E-state index in [1.807, 2.05) is 29.6 Å². The fourth-order valence-corrected chi connectivity index (χ4v) is 5.67. The van der Waals surface area contributed by atoms with Crippen molar-refractivity contribution in [1.29, 1.82) is 0 Å². The first-order valence-electron chi connectivity index (χ1n) is 10.4. The van der Waals surface area contributed by atoms with Gasteiger partial charge in [0.25, 0.3) is 0 Å². The molecule has 4 rings (SSSR count). The highest BCUT2D eigenvalue weighted by Crippen LogP contribution is 2.29. The largest absolute Gasteiger partial charge is 0.494 e. The molecule has 10 heteroatoms. The molecular weight excluding hydrogens is 458 g/mol. The molecule has 0 aliphatic carbocycles. The number of ether oxygens (including phenoxy) is 1. The van der Waals surface area contributed by atoms with Gasteiger partial charge in [-0.05, 0) is 51.1 Å². The average molecular weight is 484 g/mol. The van der Waals surface area contributed by atoms with Crippen molar-refractivity contribution >= 4 is 21.4 Å². The van der Waals surface area contributed by atoms with Crippen LogP contribution in [0, 0.1) is 0 Å². The smallest absolute Gasteiger partial charge is 0.243 e. The summed E-state index contributed by atoms with van der Waals surface area (Å²) in [5, 5.41) is 13.1. The molecule has 4 aromatic rings. The van der Waals surface area contributed by atoms with E-state index >= 15 is 0 Å². The first-order valence-corrected chi connectivity index (χ1v) is 12.7. The first kappa shape index (κ1) is 23.1. The number of rotatable bonds is 9. The number of methoxy groups -OCH3 is 1. The van der Waals surface area contributed by atoms with Gasteiger partial charge in [0, 0.05) is 24.0 Å². The summed E-state index contributed by atoms with van der Waals surface area (Å²) >= 11 is 1.53. The van der Waals surface area contributed by atoms with Crippen LogP contribution in [0.25, 0.3) is 5.69 Å². The van der Waals surface area contributed by atoms with E-state index in [1.165, 1.54) is 45.4 Å². The number of thiophene rings is 1. The predicted molar refractivity (Wildman–Crippen MR) is 127 cm³/mol. The molecule has 0 saturated heterocycles. The Kier molecular flexibility index (Phi) is 6.87. The summed E-state index contributed by atoms with van der Waals surface area (Å²) in [5.74, 6) is 0.775. The van der Waals surface area contributed by atoms with Crippen LogP contribution >= 0.6 is 11.3 Å². The Hall–Kier alpha value is -3.08. The second-order valence-corrected chi connectivity index (χ2v) is 10.8. The molecule has 0 N–H and O–H groups in total. The van der Waals surface area contributed by atoms with Crippen LogP contribution in [0.2, 0.25) is 0 Å². The molecule has 33 heavy (non-hydrogen) atoms. The molecule has 0 spiro atoms. The molecule has 0 aliphatic rings. The minimum Gasteiger partial charge on any atom is -0.494 e. The fourth-order valence-electron chi connectivity index (χ4n) is 3.44. The number of hydrogen-bond donors (Lipinski definition) is 0. The molecular formula is C23H25N5O3S2. The van der Waals surface area contributed by atoms with Crippen molar-refractivity contribution in [2.75, 3.05) is 7.11 Å². The molecule has 8 nitrogen and oxygen atoms in total. The van der Waals surface area contributed by atoms with Gasteiger partial charge in [0.1, 0.15) is 17.8 Å². The molecule has 0 bridgehead atoms. The lowest BCUT2D eigenvalue weighted by molar-refractivity contribution is 0.399. The number of tetrazole rings is 1. The molecule has 0 saturated carbocycles. The Morgan fingerprint density at radius 1 is 1.09 bits per heavy atom. The van der Waals surface area contributed by atoms with E-state index in [2.05, 4.69) is 41.5 Å². The van der Waals surface area contributed by atoms with Crippen LogP contribution < -0.4 is 4.74 Å². The van der Waals surface area contributed by atoms with Crippen molar-refractivity contribution in [3.63, 3.8) is 0 Å². The van der Waals surface area contributed by atoms with Crippen molar-refractivity contribution in [2.45, 2.75) is 37.8 Å². The topological polar surface area (TPSA) is 90.2 Å². The van der Waals surface area contributed by atoms with E-state index in [0.717, 1.165) is 10.4 Å². The van der Waals surface area contributed by atoms with Crippen LogP contribution in [0.5, 0.6) is 5.75 Å². The fraction of sp³-hybridized carbons (Fsp3) is 0.261. The zero-order valence-electron chi connectivity index (χ0n) is 18.6. The maximum atomic E-state index is 13.7. The maximum Gasteiger partial charge on any atom is 0.243 e. The van der Waals surface area contributed by atoms with Crippen molar-refractivity contribution in [1.82, 2.24) is 24.5 Å². The Morgan fingerprint density at radius 3 is 2.48 bits per heavy atom. The second-order valence-electron chi connectivity index (χ2n) is 7.84. The number of aromatic nitrogens is 4. The zero-order valence-corrected chi connectivity index (χ0v) is 20.3. The zero-order chi connectivity index (χ0) is 23.4. The third kappa shape index (κ3) is 5.13. The third-order valence-electron chi connectivity index (χ3n) is 5.30. The third-order valence-corrected chi connectivity index (χ3v) is 7.95. The lowest BCUT2D eigenvalue weighted by Crippen LogP contribution is -2.30. The number of hydrogen-bond acceptors (Lipinski definition) is 7. The Bertz CT molecular complexity index is 1290. The molecule has 2 heterocycles. The summed E-state index contributed by atoms with van der Waals surface area (Å²) in [5.41, 5.74) is 2.70. The van der Waals surface area contributed by atoms with E-state index in [0.29, 0.717) is 17.4 Å². The molecule has 0 fully saturated rings. The van der Waals surface area contributed by atoms with Crippen molar-refractivity contribution in [3.05, 3.63) is 82.3 Å². The molecule has 0 radical (unpaired) electrons. The molecule has 0 atom stereocenters. The van der Waals surface area contributed by atoms with Gasteiger partial charge in [0.2, 0.25) is 10.0 Å². The summed E-state index contributed by atoms with van der Waals surface area (Å²) < 4.78 is 35.8. The van der Waals surface area contributed by atoms with E-state index in [-0.39, 0.29) is 18.0 Å². The van der Waals surface area contributed by atoms with Gasteiger partial charge in [-0.2, -0.15) is 8.99 Å². The highest BCUT2D eigenvalue weighted by Gasteiger charge is 2.27. The monoisotopic (exact) mass is 483 g/mol. The number of benzene rings is 2. The molecule has 0 aliphatic heterocycles. The van der Waals surface area contributed by atoms with E-state index < -0.39 is 10.0 Å². The maximum absolute atomic E-state index is 13.7. The quantitative estimate of drug-likeness (QED) is 0.354. The van der Waals surface area contributed by atoms with Crippen molar-refractivity contribution in [2.24, 2.45) is 0 Å². The minimum atomic E-state index is -3.82. The van der Waals surface area contributed by atoms with Crippen LogP contribution in [0.1, 0.15) is 35.8 Å². The molecule has 0 amide bonds. The van der Waals surface area contributed by atoms with Crippen LogP contribution in [0.4, 0.5) is 0 Å². The van der Waals surface area contributed by atoms with Gasteiger partial charge in [-0.1, -0.05) is 44.2 Å². The van der Waals surface area contributed by atoms with Gasteiger partial charge in [0.05, 0.1) is 12.0 Å². The van der Waals surface area contributed by atoms with Gasteiger partial charge in [-0.3, -0.25) is 0 Å². The predicted octanol–water partition coefficient (Wildman–Crippen LogP) is 4.25. The van der Waals surface area contributed by atoms with Gasteiger partial charge in [-0.25, -0.2) is 8.42 Å². The molecule has 172 valence electrons. The van der Waals surface area contributed by atoms with E-state index in [1.54, 1.807) is 12.1 Å². The Labute approximate surface area is 197 Å². The molecule has 2 aromatic heterocycles. The second kappa shape index (κ2) is 9.82. The highest BCUT2D eigenvalue weighted by molar-refractivity contribution is 7.89. The average Bonchev–Trinajstić information content (AvgIpc) is 3.53. The Morgan fingerprint density at radius 2 is 1.88 bits per heavy atom. The van der Waals surface area contributed by atoms with E-state index in [9.17, 15) is 8.42 Å². The SMILES string of the molecule is COc1cc(S(=O)(=O)N(Cc2ccc(C(C)C)cc2)Cc2cccs2)ccc1-n1cnnn1. The lowest BCUT2D eigenvalue weighted by Gasteiger charge is -2.23.